The van der Waals surface area contributed by atoms with Crippen molar-refractivity contribution in [2.24, 2.45) is 0 Å². The van der Waals surface area contributed by atoms with Gasteiger partial charge in [-0.3, -0.25) is 4.79 Å². The molecule has 12 heavy (non-hydrogen) atoms. The van der Waals surface area contributed by atoms with Crippen molar-refractivity contribution in [3.8, 4) is 5.75 Å². The molecule has 0 atom stereocenters. The third-order valence-electron chi connectivity index (χ3n) is 1.31. The Morgan fingerprint density at radius 2 is 2.00 bits per heavy atom. The second-order valence-corrected chi connectivity index (χ2v) is 2.41. The fraction of sp³-hybridized carbons (Fsp3) is 0.100. The second-order valence-electron chi connectivity index (χ2n) is 2.41. The zero-order valence-corrected chi connectivity index (χ0v) is 6.86. The van der Waals surface area contributed by atoms with Gasteiger partial charge in [0.05, 0.1) is 6.26 Å². The van der Waals surface area contributed by atoms with Gasteiger partial charge in [-0.1, -0.05) is 18.2 Å². The minimum atomic E-state index is 0.568. The molecule has 0 saturated carbocycles. The summed E-state index contributed by atoms with van der Waals surface area (Å²) in [6.07, 6.45) is 2.19. The molecule has 0 bridgehead atoms. The smallest absolute Gasteiger partial charge is 0.148 e. The first-order valence-electron chi connectivity index (χ1n) is 3.66. The Morgan fingerprint density at radius 1 is 1.33 bits per heavy atom. The molecular formula is C10H10O2. The highest BCUT2D eigenvalue weighted by Crippen LogP contribution is 2.08. The number of ether oxygens (including phenoxy) is 1. The first-order valence-corrected chi connectivity index (χ1v) is 3.66. The topological polar surface area (TPSA) is 26.3 Å². The third-order valence-corrected chi connectivity index (χ3v) is 1.31. The Kier molecular flexibility index (Phi) is 3.08. The molecule has 1 aromatic carbocycles. The zero-order chi connectivity index (χ0) is 8.81. The molecule has 0 spiro atoms. The average Bonchev–Trinajstić information content (AvgIpc) is 2.16. The summed E-state index contributed by atoms with van der Waals surface area (Å²) in [5.74, 6) is 0.735. The predicted molar refractivity (Wildman–Crippen MR) is 46.9 cm³/mol. The van der Waals surface area contributed by atoms with E-state index in [1.165, 1.54) is 6.26 Å². The van der Waals surface area contributed by atoms with Crippen molar-refractivity contribution in [3.63, 3.8) is 0 Å². The van der Waals surface area contributed by atoms with Crippen molar-refractivity contribution in [1.82, 2.24) is 0 Å². The number of allylic oxidation sites excluding steroid dienone is 1. The van der Waals surface area contributed by atoms with E-state index >= 15 is 0 Å². The van der Waals surface area contributed by atoms with Gasteiger partial charge in [0.25, 0.3) is 0 Å². The molecule has 0 heterocycles. The maximum Gasteiger partial charge on any atom is 0.148 e. The summed E-state index contributed by atoms with van der Waals surface area (Å²) < 4.78 is 5.17. The first kappa shape index (κ1) is 8.53. The van der Waals surface area contributed by atoms with Crippen LogP contribution in [0.4, 0.5) is 0 Å². The molecule has 2 nitrogen and oxygen atoms in total. The quantitative estimate of drug-likeness (QED) is 0.387. The lowest BCUT2D eigenvalue weighted by molar-refractivity contribution is -0.104. The third kappa shape index (κ3) is 2.58. The lowest BCUT2D eigenvalue weighted by Crippen LogP contribution is -1.85. The number of carbonyl (C=O) groups excluding carboxylic acids is 1. The maximum absolute atomic E-state index is 10.2. The minimum absolute atomic E-state index is 0.568. The fourth-order valence-electron chi connectivity index (χ4n) is 0.688. The number of carbonyl (C=O) groups is 1. The number of para-hydroxylation sites is 1. The molecule has 0 fully saturated rings. The molecule has 1 aromatic rings. The Balaban J connectivity index is 2.60. The molecular weight excluding hydrogens is 152 g/mol. The second kappa shape index (κ2) is 4.34. The van der Waals surface area contributed by atoms with E-state index in [4.69, 9.17) is 4.74 Å². The van der Waals surface area contributed by atoms with Crippen LogP contribution in [0.1, 0.15) is 6.92 Å². The van der Waals surface area contributed by atoms with E-state index in [1.54, 1.807) is 6.92 Å². The van der Waals surface area contributed by atoms with Crippen LogP contribution >= 0.6 is 0 Å². The molecule has 2 heteroatoms. The Labute approximate surface area is 71.5 Å². The average molecular weight is 162 g/mol. The maximum atomic E-state index is 10.2. The fourth-order valence-corrected chi connectivity index (χ4v) is 0.688. The Morgan fingerprint density at radius 3 is 2.58 bits per heavy atom. The molecule has 0 saturated heterocycles. The van der Waals surface area contributed by atoms with Crippen LogP contribution in [0.15, 0.2) is 42.2 Å². The van der Waals surface area contributed by atoms with Gasteiger partial charge in [-0.05, 0) is 19.1 Å². The van der Waals surface area contributed by atoms with E-state index in [2.05, 4.69) is 0 Å². The van der Waals surface area contributed by atoms with Crippen molar-refractivity contribution < 1.29 is 9.53 Å². The molecule has 0 aliphatic heterocycles. The SMILES string of the molecule is CC(C=O)=COc1ccccc1. The van der Waals surface area contributed by atoms with Gasteiger partial charge in [0.2, 0.25) is 0 Å². The van der Waals surface area contributed by atoms with Gasteiger partial charge >= 0.3 is 0 Å². The van der Waals surface area contributed by atoms with Crippen LogP contribution in [-0.2, 0) is 4.79 Å². The van der Waals surface area contributed by atoms with Gasteiger partial charge in [0.15, 0.2) is 0 Å². The summed E-state index contributed by atoms with van der Waals surface area (Å²) in [6, 6.07) is 9.31. The Bertz CT molecular complexity index is 275. The molecule has 0 aliphatic carbocycles. The van der Waals surface area contributed by atoms with E-state index in [0.717, 1.165) is 12.0 Å². The molecule has 62 valence electrons. The molecule has 0 N–H and O–H groups in total. The molecule has 0 amide bonds. The molecule has 0 unspecified atom stereocenters. The van der Waals surface area contributed by atoms with Crippen molar-refractivity contribution in [2.75, 3.05) is 0 Å². The van der Waals surface area contributed by atoms with Crippen LogP contribution in [0.5, 0.6) is 5.75 Å². The lowest BCUT2D eigenvalue weighted by atomic mass is 10.3. The van der Waals surface area contributed by atoms with Gasteiger partial charge in [0, 0.05) is 5.57 Å². The zero-order valence-electron chi connectivity index (χ0n) is 6.86. The number of hydrogen-bond donors (Lipinski definition) is 0. The summed E-state index contributed by atoms with van der Waals surface area (Å²) in [7, 11) is 0. The summed E-state index contributed by atoms with van der Waals surface area (Å²) >= 11 is 0. The molecule has 1 rings (SSSR count). The van der Waals surface area contributed by atoms with Gasteiger partial charge < -0.3 is 4.74 Å². The molecule has 0 radical (unpaired) electrons. The van der Waals surface area contributed by atoms with E-state index in [1.807, 2.05) is 30.3 Å². The first-order chi connectivity index (χ1) is 5.83. The highest BCUT2D eigenvalue weighted by Gasteiger charge is 1.88. The standard InChI is InChI=1S/C10H10O2/c1-9(7-11)8-12-10-5-3-2-4-6-10/h2-8H,1H3. The number of hydrogen-bond acceptors (Lipinski definition) is 2. The van der Waals surface area contributed by atoms with Crippen molar-refractivity contribution in [3.05, 3.63) is 42.2 Å². The van der Waals surface area contributed by atoms with E-state index in [0.29, 0.717) is 5.57 Å². The van der Waals surface area contributed by atoms with E-state index < -0.39 is 0 Å². The van der Waals surface area contributed by atoms with Crippen molar-refractivity contribution in [2.45, 2.75) is 6.92 Å². The highest BCUT2D eigenvalue weighted by molar-refractivity contribution is 5.71. The minimum Gasteiger partial charge on any atom is -0.465 e. The normalized spacial score (nSPS) is 10.9. The molecule has 0 aromatic heterocycles. The van der Waals surface area contributed by atoms with Crippen LogP contribution in [-0.4, -0.2) is 6.29 Å². The van der Waals surface area contributed by atoms with Crippen LogP contribution in [0.2, 0.25) is 0 Å². The lowest BCUT2D eigenvalue weighted by Gasteiger charge is -1.98. The van der Waals surface area contributed by atoms with E-state index in [-0.39, 0.29) is 0 Å². The number of rotatable bonds is 3. The van der Waals surface area contributed by atoms with Crippen LogP contribution < -0.4 is 4.74 Å². The summed E-state index contributed by atoms with van der Waals surface area (Å²) in [5.41, 5.74) is 0.568. The number of aldehydes is 1. The molecule has 0 aliphatic rings. The van der Waals surface area contributed by atoms with Crippen LogP contribution in [0, 0.1) is 0 Å². The van der Waals surface area contributed by atoms with Crippen molar-refractivity contribution in [1.29, 1.82) is 0 Å². The predicted octanol–water partition coefficient (Wildman–Crippen LogP) is 2.17. The summed E-state index contributed by atoms with van der Waals surface area (Å²) in [6.45, 7) is 1.69. The van der Waals surface area contributed by atoms with Crippen LogP contribution in [0.3, 0.4) is 0 Å². The van der Waals surface area contributed by atoms with Gasteiger partial charge in [-0.15, -0.1) is 0 Å². The van der Waals surface area contributed by atoms with E-state index in [9.17, 15) is 4.79 Å². The van der Waals surface area contributed by atoms with Gasteiger partial charge in [-0.25, -0.2) is 0 Å². The van der Waals surface area contributed by atoms with Crippen molar-refractivity contribution >= 4 is 6.29 Å². The van der Waals surface area contributed by atoms with Gasteiger partial charge in [0.1, 0.15) is 12.0 Å². The summed E-state index contributed by atoms with van der Waals surface area (Å²) in [4.78, 5) is 10.2. The monoisotopic (exact) mass is 162 g/mol. The number of benzene rings is 1. The summed E-state index contributed by atoms with van der Waals surface area (Å²) in [5, 5.41) is 0. The van der Waals surface area contributed by atoms with Crippen LogP contribution in [0.25, 0.3) is 0 Å². The van der Waals surface area contributed by atoms with Gasteiger partial charge in [-0.2, -0.15) is 0 Å². The Hall–Kier alpha value is -1.57. The largest absolute Gasteiger partial charge is 0.465 e. The highest BCUT2D eigenvalue weighted by atomic mass is 16.5.